The van der Waals surface area contributed by atoms with E-state index in [1.807, 2.05) is 13.8 Å². The highest BCUT2D eigenvalue weighted by Gasteiger charge is 2.22. The zero-order chi connectivity index (χ0) is 18.8. The van der Waals surface area contributed by atoms with Gasteiger partial charge in [-0.1, -0.05) is 23.8 Å². The van der Waals surface area contributed by atoms with Crippen LogP contribution in [-0.2, 0) is 16.4 Å². The molecule has 0 aromatic heterocycles. The van der Waals surface area contributed by atoms with E-state index in [9.17, 15) is 8.42 Å². The maximum Gasteiger partial charge on any atom is 0.241 e. The van der Waals surface area contributed by atoms with Crippen LogP contribution in [0.4, 0.5) is 0 Å². The van der Waals surface area contributed by atoms with Crippen LogP contribution in [0.3, 0.4) is 0 Å². The Morgan fingerprint density at radius 3 is 2.24 bits per heavy atom. The van der Waals surface area contributed by atoms with E-state index in [1.165, 1.54) is 11.1 Å². The number of ether oxygens (including phenoxy) is 1. The number of aryl methyl sites for hydroxylation is 3. The predicted octanol–water partition coefficient (Wildman–Crippen LogP) is 3.76. The van der Waals surface area contributed by atoms with E-state index in [4.69, 9.17) is 4.74 Å². The molecular weight excluding hydrogens is 334 g/mol. The molecule has 0 aliphatic carbocycles. The van der Waals surface area contributed by atoms with E-state index in [1.54, 1.807) is 20.1 Å². The van der Waals surface area contributed by atoms with Gasteiger partial charge in [0.25, 0.3) is 0 Å². The van der Waals surface area contributed by atoms with Crippen molar-refractivity contribution in [2.24, 2.45) is 0 Å². The number of hydrogen-bond acceptors (Lipinski definition) is 3. The van der Waals surface area contributed by atoms with E-state index in [0.29, 0.717) is 29.2 Å². The summed E-state index contributed by atoms with van der Waals surface area (Å²) in [7, 11) is -1.97. The molecule has 2 rings (SSSR count). The Balaban J connectivity index is 2.21. The molecule has 0 amide bonds. The van der Waals surface area contributed by atoms with Crippen molar-refractivity contribution < 1.29 is 13.2 Å². The minimum atomic E-state index is -3.57. The zero-order valence-corrected chi connectivity index (χ0v) is 16.7. The lowest BCUT2D eigenvalue weighted by atomic mass is 10.0. The van der Waals surface area contributed by atoms with Gasteiger partial charge in [-0.15, -0.1) is 0 Å². The molecule has 136 valence electrons. The van der Waals surface area contributed by atoms with Gasteiger partial charge in [0.1, 0.15) is 5.75 Å². The van der Waals surface area contributed by atoms with Gasteiger partial charge >= 0.3 is 0 Å². The average Bonchev–Trinajstić information content (AvgIpc) is 2.52. The molecule has 2 aromatic rings. The van der Waals surface area contributed by atoms with E-state index < -0.39 is 10.0 Å². The van der Waals surface area contributed by atoms with Crippen LogP contribution in [0.15, 0.2) is 29.2 Å². The van der Waals surface area contributed by atoms with Crippen molar-refractivity contribution in [1.82, 2.24) is 4.72 Å². The van der Waals surface area contributed by atoms with Crippen LogP contribution in [0.5, 0.6) is 5.75 Å². The molecule has 0 aliphatic rings. The number of rotatable bonds is 6. The third-order valence-corrected chi connectivity index (χ3v) is 6.40. The molecule has 0 radical (unpaired) electrons. The number of hydrogen-bond donors (Lipinski definition) is 1. The van der Waals surface area contributed by atoms with Gasteiger partial charge in [0, 0.05) is 6.54 Å². The van der Waals surface area contributed by atoms with Gasteiger partial charge in [0.05, 0.1) is 12.0 Å². The Morgan fingerprint density at radius 1 is 0.960 bits per heavy atom. The highest BCUT2D eigenvalue weighted by atomic mass is 32.2. The molecule has 25 heavy (non-hydrogen) atoms. The van der Waals surface area contributed by atoms with Gasteiger partial charge in [0.15, 0.2) is 0 Å². The molecule has 5 heteroatoms. The minimum Gasteiger partial charge on any atom is -0.496 e. The van der Waals surface area contributed by atoms with Crippen molar-refractivity contribution >= 4 is 10.0 Å². The second kappa shape index (κ2) is 7.58. The van der Waals surface area contributed by atoms with Gasteiger partial charge in [0.2, 0.25) is 10.0 Å². The first-order valence-corrected chi connectivity index (χ1v) is 9.86. The first-order valence-electron chi connectivity index (χ1n) is 8.38. The molecule has 0 spiro atoms. The van der Waals surface area contributed by atoms with E-state index in [0.717, 1.165) is 16.7 Å². The fourth-order valence-corrected chi connectivity index (χ4v) is 4.72. The molecule has 0 aliphatic heterocycles. The van der Waals surface area contributed by atoms with Gasteiger partial charge in [-0.2, -0.15) is 0 Å². The maximum atomic E-state index is 12.8. The van der Waals surface area contributed by atoms with Crippen LogP contribution in [0, 0.1) is 34.6 Å². The van der Waals surface area contributed by atoms with Crippen LogP contribution in [0.25, 0.3) is 0 Å². The first kappa shape index (κ1) is 19.5. The predicted molar refractivity (Wildman–Crippen MR) is 102 cm³/mol. The minimum absolute atomic E-state index is 0.353. The van der Waals surface area contributed by atoms with E-state index in [-0.39, 0.29) is 0 Å². The van der Waals surface area contributed by atoms with Crippen LogP contribution >= 0.6 is 0 Å². The molecule has 0 fully saturated rings. The average molecular weight is 362 g/mol. The quantitative estimate of drug-likeness (QED) is 0.852. The lowest BCUT2D eigenvalue weighted by Crippen LogP contribution is -2.27. The van der Waals surface area contributed by atoms with Crippen LogP contribution in [-0.4, -0.2) is 22.1 Å². The van der Waals surface area contributed by atoms with Crippen molar-refractivity contribution in [3.63, 3.8) is 0 Å². The number of benzene rings is 2. The molecule has 0 saturated carbocycles. The SMILES string of the molecule is COc1cc(C)c(S(=O)(=O)NCCc2ccc(C)cc2C)c(C)c1C. The number of sulfonamides is 1. The van der Waals surface area contributed by atoms with Crippen LogP contribution in [0.2, 0.25) is 0 Å². The zero-order valence-electron chi connectivity index (χ0n) is 15.9. The monoisotopic (exact) mass is 361 g/mol. The van der Waals surface area contributed by atoms with Crippen molar-refractivity contribution in [3.8, 4) is 5.75 Å². The van der Waals surface area contributed by atoms with E-state index in [2.05, 4.69) is 36.8 Å². The Morgan fingerprint density at radius 2 is 1.64 bits per heavy atom. The molecule has 0 atom stereocenters. The molecule has 1 N–H and O–H groups in total. The smallest absolute Gasteiger partial charge is 0.241 e. The van der Waals surface area contributed by atoms with Gasteiger partial charge < -0.3 is 4.74 Å². The number of nitrogens with one attached hydrogen (secondary N) is 1. The summed E-state index contributed by atoms with van der Waals surface area (Å²) in [6, 6.07) is 8.01. The summed E-state index contributed by atoms with van der Waals surface area (Å²) in [6.07, 6.45) is 0.665. The van der Waals surface area contributed by atoms with Gasteiger partial charge in [-0.3, -0.25) is 0 Å². The fraction of sp³-hybridized carbons (Fsp3) is 0.400. The summed E-state index contributed by atoms with van der Waals surface area (Å²) < 4.78 is 33.7. The number of methoxy groups -OCH3 is 1. The van der Waals surface area contributed by atoms with Crippen molar-refractivity contribution in [1.29, 1.82) is 0 Å². The highest BCUT2D eigenvalue weighted by Crippen LogP contribution is 2.30. The largest absolute Gasteiger partial charge is 0.496 e. The molecule has 2 aromatic carbocycles. The lowest BCUT2D eigenvalue weighted by Gasteiger charge is -2.17. The Kier molecular flexibility index (Phi) is 5.91. The van der Waals surface area contributed by atoms with E-state index >= 15 is 0 Å². The third kappa shape index (κ3) is 4.22. The molecular formula is C20H27NO3S. The summed E-state index contributed by atoms with van der Waals surface area (Å²) in [4.78, 5) is 0.353. The van der Waals surface area contributed by atoms with Crippen molar-refractivity contribution in [2.75, 3.05) is 13.7 Å². The molecule has 0 saturated heterocycles. The summed E-state index contributed by atoms with van der Waals surface area (Å²) >= 11 is 0. The first-order chi connectivity index (χ1) is 11.7. The summed E-state index contributed by atoms with van der Waals surface area (Å²) in [5, 5.41) is 0. The molecule has 0 heterocycles. The maximum absolute atomic E-state index is 12.8. The van der Waals surface area contributed by atoms with Crippen molar-refractivity contribution in [2.45, 2.75) is 45.9 Å². The van der Waals surface area contributed by atoms with Crippen LogP contribution < -0.4 is 9.46 Å². The second-order valence-electron chi connectivity index (χ2n) is 6.55. The summed E-state index contributed by atoms with van der Waals surface area (Å²) in [5.41, 5.74) is 5.83. The molecule has 4 nitrogen and oxygen atoms in total. The summed E-state index contributed by atoms with van der Waals surface area (Å²) in [5.74, 6) is 0.712. The highest BCUT2D eigenvalue weighted by molar-refractivity contribution is 7.89. The second-order valence-corrected chi connectivity index (χ2v) is 8.26. The van der Waals surface area contributed by atoms with Crippen LogP contribution in [0.1, 0.15) is 33.4 Å². The summed E-state index contributed by atoms with van der Waals surface area (Å²) in [6.45, 7) is 9.98. The normalized spacial score (nSPS) is 11.6. The molecule has 0 bridgehead atoms. The Hall–Kier alpha value is -1.85. The van der Waals surface area contributed by atoms with Gasteiger partial charge in [-0.25, -0.2) is 13.1 Å². The topological polar surface area (TPSA) is 55.4 Å². The van der Waals surface area contributed by atoms with Gasteiger partial charge in [-0.05, 0) is 74.9 Å². The lowest BCUT2D eigenvalue weighted by molar-refractivity contribution is 0.410. The standard InChI is InChI=1S/C20H27NO3S/c1-13-7-8-18(14(2)11-13)9-10-21-25(22,23)20-15(3)12-19(24-6)16(4)17(20)5/h7-8,11-12,21H,9-10H2,1-6H3. The molecule has 0 unspecified atom stereocenters. The Bertz CT molecular complexity index is 886. The third-order valence-electron chi connectivity index (χ3n) is 4.65. The van der Waals surface area contributed by atoms with Crippen molar-refractivity contribution in [3.05, 3.63) is 57.6 Å². The fourth-order valence-electron chi connectivity index (χ4n) is 3.17. The Labute approximate surface area is 151 Å².